The first-order valence-corrected chi connectivity index (χ1v) is 9.23. The molecule has 0 aromatic carbocycles. The standard InChI is InChI=1S/C18H34N2O/c1-3-14(2)17(19)18(21)20(15-10-6-4-7-11-15)16-12-8-5-9-13-16/h14-17H,3-13,19H2,1-2H3/t14-,17-/m0/s1. The normalized spacial score (nSPS) is 24.5. The number of rotatable bonds is 5. The lowest BCUT2D eigenvalue weighted by atomic mass is 9.87. The van der Waals surface area contributed by atoms with Crippen molar-refractivity contribution in [3.8, 4) is 0 Å². The van der Waals surface area contributed by atoms with E-state index in [0.717, 1.165) is 6.42 Å². The van der Waals surface area contributed by atoms with Crippen LogP contribution < -0.4 is 5.73 Å². The summed E-state index contributed by atoms with van der Waals surface area (Å²) in [6.45, 7) is 4.24. The molecule has 0 spiro atoms. The quantitative estimate of drug-likeness (QED) is 0.837. The van der Waals surface area contributed by atoms with Crippen LogP contribution in [0, 0.1) is 5.92 Å². The highest BCUT2D eigenvalue weighted by molar-refractivity contribution is 5.82. The Labute approximate surface area is 130 Å². The van der Waals surface area contributed by atoms with Crippen LogP contribution in [0.5, 0.6) is 0 Å². The van der Waals surface area contributed by atoms with E-state index in [1.807, 2.05) is 0 Å². The fourth-order valence-corrected chi connectivity index (χ4v) is 4.05. The summed E-state index contributed by atoms with van der Waals surface area (Å²) >= 11 is 0. The first-order valence-electron chi connectivity index (χ1n) is 9.23. The van der Waals surface area contributed by atoms with Crippen LogP contribution in [0.15, 0.2) is 0 Å². The maximum atomic E-state index is 13.0. The lowest BCUT2D eigenvalue weighted by Gasteiger charge is -2.43. The van der Waals surface area contributed by atoms with Crippen molar-refractivity contribution in [2.24, 2.45) is 11.7 Å². The van der Waals surface area contributed by atoms with Crippen LogP contribution >= 0.6 is 0 Å². The average Bonchev–Trinajstić information content (AvgIpc) is 2.55. The van der Waals surface area contributed by atoms with Crippen LogP contribution in [0.4, 0.5) is 0 Å². The predicted molar refractivity (Wildman–Crippen MR) is 88.0 cm³/mol. The van der Waals surface area contributed by atoms with Gasteiger partial charge < -0.3 is 10.6 Å². The van der Waals surface area contributed by atoms with Crippen LogP contribution in [-0.4, -0.2) is 28.9 Å². The molecular weight excluding hydrogens is 260 g/mol. The molecule has 2 fully saturated rings. The van der Waals surface area contributed by atoms with Crippen molar-refractivity contribution >= 4 is 5.91 Å². The average molecular weight is 294 g/mol. The number of carbonyl (C=O) groups is 1. The Morgan fingerprint density at radius 2 is 1.43 bits per heavy atom. The second kappa shape index (κ2) is 8.17. The summed E-state index contributed by atoms with van der Waals surface area (Å²) in [6, 6.07) is 0.618. The molecule has 0 bridgehead atoms. The molecule has 2 saturated carbocycles. The molecule has 2 aliphatic rings. The van der Waals surface area contributed by atoms with Gasteiger partial charge in [-0.1, -0.05) is 58.8 Å². The van der Waals surface area contributed by atoms with Crippen molar-refractivity contribution in [2.45, 2.75) is 103 Å². The third kappa shape index (κ3) is 4.21. The lowest BCUT2D eigenvalue weighted by molar-refractivity contribution is -0.140. The highest BCUT2D eigenvalue weighted by Gasteiger charge is 2.35. The summed E-state index contributed by atoms with van der Waals surface area (Å²) in [5.41, 5.74) is 6.29. The fraction of sp³-hybridized carbons (Fsp3) is 0.944. The zero-order chi connectivity index (χ0) is 15.2. The van der Waals surface area contributed by atoms with Gasteiger partial charge >= 0.3 is 0 Å². The van der Waals surface area contributed by atoms with Gasteiger partial charge in [0.1, 0.15) is 0 Å². The van der Waals surface area contributed by atoms with Crippen molar-refractivity contribution in [2.75, 3.05) is 0 Å². The topological polar surface area (TPSA) is 46.3 Å². The summed E-state index contributed by atoms with van der Waals surface area (Å²) in [7, 11) is 0. The molecule has 0 aromatic rings. The minimum Gasteiger partial charge on any atom is -0.335 e. The summed E-state index contributed by atoms with van der Waals surface area (Å²) < 4.78 is 0. The Balaban J connectivity index is 2.11. The summed E-state index contributed by atoms with van der Waals surface area (Å²) in [5.74, 6) is 0.523. The fourth-order valence-electron chi connectivity index (χ4n) is 4.05. The van der Waals surface area contributed by atoms with Gasteiger partial charge in [0, 0.05) is 12.1 Å². The van der Waals surface area contributed by atoms with Gasteiger partial charge in [0.05, 0.1) is 6.04 Å². The molecule has 0 unspecified atom stereocenters. The summed E-state index contributed by atoms with van der Waals surface area (Å²) in [6.07, 6.45) is 13.5. The molecule has 3 heteroatoms. The molecule has 0 radical (unpaired) electrons. The van der Waals surface area contributed by atoms with Crippen LogP contribution in [0.2, 0.25) is 0 Å². The highest BCUT2D eigenvalue weighted by Crippen LogP contribution is 2.31. The van der Waals surface area contributed by atoms with E-state index in [4.69, 9.17) is 5.73 Å². The van der Waals surface area contributed by atoms with Crippen molar-refractivity contribution in [1.29, 1.82) is 0 Å². The van der Waals surface area contributed by atoms with Crippen molar-refractivity contribution in [3.63, 3.8) is 0 Å². The maximum Gasteiger partial charge on any atom is 0.240 e. The second-order valence-corrected chi connectivity index (χ2v) is 7.24. The van der Waals surface area contributed by atoms with Crippen molar-refractivity contribution in [3.05, 3.63) is 0 Å². The second-order valence-electron chi connectivity index (χ2n) is 7.24. The number of hydrogen-bond acceptors (Lipinski definition) is 2. The Kier molecular flexibility index (Phi) is 6.53. The van der Waals surface area contributed by atoms with E-state index in [9.17, 15) is 4.79 Å². The summed E-state index contributed by atoms with van der Waals surface area (Å²) in [4.78, 5) is 15.3. The zero-order valence-electron chi connectivity index (χ0n) is 14.0. The molecule has 0 aliphatic heterocycles. The molecule has 2 rings (SSSR count). The Hall–Kier alpha value is -0.570. The number of hydrogen-bond donors (Lipinski definition) is 1. The van der Waals surface area contributed by atoms with Crippen LogP contribution in [0.25, 0.3) is 0 Å². The molecule has 3 nitrogen and oxygen atoms in total. The van der Waals surface area contributed by atoms with Gasteiger partial charge in [-0.15, -0.1) is 0 Å². The molecule has 0 heterocycles. The summed E-state index contributed by atoms with van der Waals surface area (Å²) in [5, 5.41) is 0. The monoisotopic (exact) mass is 294 g/mol. The van der Waals surface area contributed by atoms with Gasteiger partial charge in [0.25, 0.3) is 0 Å². The van der Waals surface area contributed by atoms with Gasteiger partial charge in [-0.25, -0.2) is 0 Å². The zero-order valence-corrected chi connectivity index (χ0v) is 14.0. The molecule has 2 N–H and O–H groups in total. The third-order valence-electron chi connectivity index (χ3n) is 5.73. The van der Waals surface area contributed by atoms with Crippen LogP contribution in [0.1, 0.15) is 84.5 Å². The molecule has 21 heavy (non-hydrogen) atoms. The molecular formula is C18H34N2O. The first kappa shape index (κ1) is 16.8. The minimum atomic E-state index is -0.307. The molecule has 122 valence electrons. The van der Waals surface area contributed by atoms with Crippen LogP contribution in [0.3, 0.4) is 0 Å². The van der Waals surface area contributed by atoms with Gasteiger partial charge in [0.15, 0.2) is 0 Å². The highest BCUT2D eigenvalue weighted by atomic mass is 16.2. The molecule has 1 amide bonds. The molecule has 2 aliphatic carbocycles. The molecule has 0 aromatic heterocycles. The molecule has 0 saturated heterocycles. The van der Waals surface area contributed by atoms with E-state index in [1.165, 1.54) is 64.2 Å². The minimum absolute atomic E-state index is 0.239. The SMILES string of the molecule is CC[C@H](C)[C@H](N)C(=O)N(C1CCCCC1)C1CCCCC1. The molecule has 2 atom stereocenters. The predicted octanol–water partition coefficient (Wildman–Crippen LogP) is 3.85. The van der Waals surface area contributed by atoms with Gasteiger partial charge in [-0.3, -0.25) is 4.79 Å². The Morgan fingerprint density at radius 3 is 1.81 bits per heavy atom. The lowest BCUT2D eigenvalue weighted by Crippen LogP contribution is -2.55. The van der Waals surface area contributed by atoms with E-state index in [1.54, 1.807) is 0 Å². The number of carbonyl (C=O) groups excluding carboxylic acids is 1. The third-order valence-corrected chi connectivity index (χ3v) is 5.73. The number of nitrogens with two attached hydrogens (primary N) is 1. The van der Waals surface area contributed by atoms with E-state index in [-0.39, 0.29) is 17.9 Å². The number of nitrogens with zero attached hydrogens (tertiary/aromatic N) is 1. The van der Waals surface area contributed by atoms with Gasteiger partial charge in [-0.05, 0) is 31.6 Å². The van der Waals surface area contributed by atoms with Crippen LogP contribution in [-0.2, 0) is 4.79 Å². The Morgan fingerprint density at radius 1 is 1.00 bits per heavy atom. The van der Waals surface area contributed by atoms with E-state index in [2.05, 4.69) is 18.7 Å². The van der Waals surface area contributed by atoms with Gasteiger partial charge in [-0.2, -0.15) is 0 Å². The van der Waals surface area contributed by atoms with Crippen molar-refractivity contribution < 1.29 is 4.79 Å². The Bertz CT molecular complexity index is 301. The maximum absolute atomic E-state index is 13.0. The smallest absolute Gasteiger partial charge is 0.240 e. The number of amides is 1. The van der Waals surface area contributed by atoms with E-state index < -0.39 is 0 Å². The van der Waals surface area contributed by atoms with E-state index in [0.29, 0.717) is 12.1 Å². The van der Waals surface area contributed by atoms with Gasteiger partial charge in [0.2, 0.25) is 5.91 Å². The van der Waals surface area contributed by atoms with E-state index >= 15 is 0 Å². The first-order chi connectivity index (χ1) is 10.1. The largest absolute Gasteiger partial charge is 0.335 e. The van der Waals surface area contributed by atoms with Crippen molar-refractivity contribution in [1.82, 2.24) is 4.90 Å².